The van der Waals surface area contributed by atoms with Crippen molar-refractivity contribution >= 4 is 16.8 Å². The SMILES string of the molecule is CC1=NC2CCCC2S1. The van der Waals surface area contributed by atoms with E-state index in [1.807, 2.05) is 11.8 Å². The standard InChI is InChI=1S/C7H11NS/c1-5-8-6-3-2-4-7(6)9-5/h6-7H,2-4H2,1H3. The average molecular weight is 141 g/mol. The molecule has 0 bridgehead atoms. The molecule has 0 aromatic rings. The molecular formula is C7H11NS. The topological polar surface area (TPSA) is 12.4 Å². The smallest absolute Gasteiger partial charge is 0.0652 e. The van der Waals surface area contributed by atoms with E-state index < -0.39 is 0 Å². The molecule has 1 aliphatic carbocycles. The van der Waals surface area contributed by atoms with Gasteiger partial charge in [-0.05, 0) is 19.8 Å². The van der Waals surface area contributed by atoms with E-state index in [1.54, 1.807) is 0 Å². The first-order chi connectivity index (χ1) is 4.36. The molecule has 0 saturated heterocycles. The van der Waals surface area contributed by atoms with Crippen LogP contribution in [0.25, 0.3) is 0 Å². The minimum atomic E-state index is 0.704. The van der Waals surface area contributed by atoms with Gasteiger partial charge in [-0.15, -0.1) is 11.8 Å². The van der Waals surface area contributed by atoms with Crippen LogP contribution < -0.4 is 0 Å². The van der Waals surface area contributed by atoms with Gasteiger partial charge in [0, 0.05) is 5.25 Å². The molecule has 0 spiro atoms. The van der Waals surface area contributed by atoms with Gasteiger partial charge in [0.15, 0.2) is 0 Å². The van der Waals surface area contributed by atoms with Crippen molar-refractivity contribution in [2.45, 2.75) is 37.5 Å². The Hall–Kier alpha value is 0.0200. The van der Waals surface area contributed by atoms with Gasteiger partial charge in [-0.1, -0.05) is 6.42 Å². The molecule has 1 saturated carbocycles. The molecule has 1 nitrogen and oxygen atoms in total. The zero-order valence-electron chi connectivity index (χ0n) is 5.63. The fourth-order valence-electron chi connectivity index (χ4n) is 1.67. The second kappa shape index (κ2) is 2.01. The number of aliphatic imine (C=N–C) groups is 1. The third-order valence-electron chi connectivity index (χ3n) is 2.09. The monoisotopic (exact) mass is 141 g/mol. The zero-order valence-corrected chi connectivity index (χ0v) is 6.45. The molecule has 0 aromatic carbocycles. The van der Waals surface area contributed by atoms with E-state index in [4.69, 9.17) is 0 Å². The summed E-state index contributed by atoms with van der Waals surface area (Å²) in [5.74, 6) is 0. The molecule has 0 aromatic heterocycles. The summed E-state index contributed by atoms with van der Waals surface area (Å²) in [5, 5.41) is 2.18. The van der Waals surface area contributed by atoms with Crippen LogP contribution in [0.5, 0.6) is 0 Å². The number of hydrogen-bond donors (Lipinski definition) is 0. The summed E-state index contributed by atoms with van der Waals surface area (Å²) in [6.45, 7) is 2.13. The molecule has 2 atom stereocenters. The Bertz CT molecular complexity index is 153. The van der Waals surface area contributed by atoms with Gasteiger partial charge in [0.05, 0.1) is 11.1 Å². The van der Waals surface area contributed by atoms with Crippen molar-refractivity contribution in [2.75, 3.05) is 0 Å². The van der Waals surface area contributed by atoms with Gasteiger partial charge in [0.1, 0.15) is 0 Å². The van der Waals surface area contributed by atoms with Gasteiger partial charge in [-0.2, -0.15) is 0 Å². The molecule has 1 aliphatic heterocycles. The molecule has 2 heteroatoms. The molecular weight excluding hydrogens is 130 g/mol. The van der Waals surface area contributed by atoms with Gasteiger partial charge in [0.2, 0.25) is 0 Å². The molecule has 9 heavy (non-hydrogen) atoms. The second-order valence-corrected chi connectivity index (χ2v) is 4.23. The summed E-state index contributed by atoms with van der Waals surface area (Å²) in [6.07, 6.45) is 4.14. The summed E-state index contributed by atoms with van der Waals surface area (Å²) < 4.78 is 0. The van der Waals surface area contributed by atoms with E-state index in [0.717, 1.165) is 5.25 Å². The second-order valence-electron chi connectivity index (χ2n) is 2.80. The normalized spacial score (nSPS) is 40.8. The van der Waals surface area contributed by atoms with Crippen LogP contribution in [0.2, 0.25) is 0 Å². The van der Waals surface area contributed by atoms with Gasteiger partial charge in [0.25, 0.3) is 0 Å². The maximum atomic E-state index is 4.53. The lowest BCUT2D eigenvalue weighted by molar-refractivity contribution is 0.731. The first kappa shape index (κ1) is 5.78. The Kier molecular flexibility index (Phi) is 1.29. The van der Waals surface area contributed by atoms with E-state index in [-0.39, 0.29) is 0 Å². The molecule has 0 radical (unpaired) electrons. The van der Waals surface area contributed by atoms with Gasteiger partial charge >= 0.3 is 0 Å². The van der Waals surface area contributed by atoms with Crippen molar-refractivity contribution in [1.82, 2.24) is 0 Å². The predicted molar refractivity (Wildman–Crippen MR) is 42.1 cm³/mol. The van der Waals surface area contributed by atoms with E-state index in [9.17, 15) is 0 Å². The number of thioether (sulfide) groups is 1. The molecule has 1 heterocycles. The van der Waals surface area contributed by atoms with Crippen molar-refractivity contribution in [3.05, 3.63) is 0 Å². The van der Waals surface area contributed by atoms with Crippen molar-refractivity contribution in [2.24, 2.45) is 4.99 Å². The van der Waals surface area contributed by atoms with Crippen LogP contribution in [0.4, 0.5) is 0 Å². The minimum absolute atomic E-state index is 0.704. The Labute approximate surface area is 59.9 Å². The molecule has 50 valence electrons. The number of nitrogens with zero attached hydrogens (tertiary/aromatic N) is 1. The third-order valence-corrected chi connectivity index (χ3v) is 3.39. The van der Waals surface area contributed by atoms with E-state index in [1.165, 1.54) is 24.3 Å². The fourth-order valence-corrected chi connectivity index (χ4v) is 2.95. The van der Waals surface area contributed by atoms with Crippen LogP contribution in [-0.2, 0) is 0 Å². The van der Waals surface area contributed by atoms with E-state index in [2.05, 4.69) is 11.9 Å². The van der Waals surface area contributed by atoms with Crippen molar-refractivity contribution in [1.29, 1.82) is 0 Å². The van der Waals surface area contributed by atoms with Gasteiger partial charge in [-0.3, -0.25) is 4.99 Å². The highest BCUT2D eigenvalue weighted by atomic mass is 32.2. The van der Waals surface area contributed by atoms with Crippen molar-refractivity contribution in [3.8, 4) is 0 Å². The Balaban J connectivity index is 2.13. The number of hydrogen-bond acceptors (Lipinski definition) is 2. The summed E-state index contributed by atoms with van der Waals surface area (Å²) in [5.41, 5.74) is 0. The van der Waals surface area contributed by atoms with Crippen molar-refractivity contribution in [3.63, 3.8) is 0 Å². The molecule has 0 N–H and O–H groups in total. The molecule has 2 aliphatic rings. The van der Waals surface area contributed by atoms with Crippen LogP contribution in [0, 0.1) is 0 Å². The highest BCUT2D eigenvalue weighted by Crippen LogP contribution is 2.37. The summed E-state index contributed by atoms with van der Waals surface area (Å²) in [7, 11) is 0. The van der Waals surface area contributed by atoms with E-state index >= 15 is 0 Å². The first-order valence-electron chi connectivity index (χ1n) is 3.57. The lowest BCUT2D eigenvalue weighted by Gasteiger charge is -2.02. The molecule has 2 rings (SSSR count). The maximum Gasteiger partial charge on any atom is 0.0652 e. The first-order valence-corrected chi connectivity index (χ1v) is 4.45. The van der Waals surface area contributed by atoms with Crippen LogP contribution in [-0.4, -0.2) is 16.3 Å². The van der Waals surface area contributed by atoms with Crippen molar-refractivity contribution < 1.29 is 0 Å². The lowest BCUT2D eigenvalue weighted by Crippen LogP contribution is -2.07. The third kappa shape index (κ3) is 0.895. The van der Waals surface area contributed by atoms with E-state index in [0.29, 0.717) is 6.04 Å². The number of rotatable bonds is 0. The Morgan fingerprint density at radius 1 is 1.56 bits per heavy atom. The summed E-state index contributed by atoms with van der Waals surface area (Å²) in [4.78, 5) is 4.53. The highest BCUT2D eigenvalue weighted by Gasteiger charge is 2.32. The molecule has 2 unspecified atom stereocenters. The predicted octanol–water partition coefficient (Wildman–Crippen LogP) is 2.07. The minimum Gasteiger partial charge on any atom is -0.279 e. The van der Waals surface area contributed by atoms with Gasteiger partial charge in [-0.25, -0.2) is 0 Å². The lowest BCUT2D eigenvalue weighted by atomic mass is 10.3. The van der Waals surface area contributed by atoms with Crippen LogP contribution in [0.15, 0.2) is 4.99 Å². The quantitative estimate of drug-likeness (QED) is 0.503. The Morgan fingerprint density at radius 3 is 3.22 bits per heavy atom. The number of fused-ring (bicyclic) bond motifs is 1. The maximum absolute atomic E-state index is 4.53. The molecule has 1 fully saturated rings. The zero-order chi connectivity index (χ0) is 6.27. The largest absolute Gasteiger partial charge is 0.279 e. The van der Waals surface area contributed by atoms with Crippen LogP contribution >= 0.6 is 11.8 Å². The summed E-state index contributed by atoms with van der Waals surface area (Å²) >= 11 is 1.99. The van der Waals surface area contributed by atoms with Crippen LogP contribution in [0.3, 0.4) is 0 Å². The fraction of sp³-hybridized carbons (Fsp3) is 0.857. The summed E-state index contributed by atoms with van der Waals surface area (Å²) in [6, 6.07) is 0.704. The molecule has 0 amide bonds. The average Bonchev–Trinajstić information content (AvgIpc) is 2.22. The van der Waals surface area contributed by atoms with Crippen LogP contribution in [0.1, 0.15) is 26.2 Å². The van der Waals surface area contributed by atoms with Gasteiger partial charge < -0.3 is 0 Å². The Morgan fingerprint density at radius 2 is 2.44 bits per heavy atom. The highest BCUT2D eigenvalue weighted by molar-refractivity contribution is 8.14.